The van der Waals surface area contributed by atoms with Gasteiger partial charge in [0.15, 0.2) is 0 Å². The molecule has 1 N–H and O–H groups in total. The van der Waals surface area contributed by atoms with Gasteiger partial charge in [-0.25, -0.2) is 0 Å². The predicted molar refractivity (Wildman–Crippen MR) is 127 cm³/mol. The van der Waals surface area contributed by atoms with Crippen LogP contribution < -0.4 is 10.1 Å². The number of aryl methyl sites for hydroxylation is 1. The van der Waals surface area contributed by atoms with Crippen molar-refractivity contribution in [3.63, 3.8) is 0 Å². The van der Waals surface area contributed by atoms with Gasteiger partial charge in [0.25, 0.3) is 0 Å². The molecule has 0 bridgehead atoms. The maximum absolute atomic E-state index is 11.7. The minimum Gasteiger partial charge on any atom is -0.490 e. The third kappa shape index (κ3) is 7.52. The van der Waals surface area contributed by atoms with Crippen molar-refractivity contribution in [3.05, 3.63) is 29.3 Å². The normalized spacial score (nSPS) is 27.7. The van der Waals surface area contributed by atoms with Gasteiger partial charge in [0.05, 0.1) is 13.0 Å². The number of fused-ring (bicyclic) bond motifs is 1. The van der Waals surface area contributed by atoms with Crippen LogP contribution in [0.3, 0.4) is 0 Å². The van der Waals surface area contributed by atoms with Gasteiger partial charge in [-0.15, -0.1) is 0 Å². The van der Waals surface area contributed by atoms with Gasteiger partial charge in [-0.3, -0.25) is 4.79 Å². The fourth-order valence-electron chi connectivity index (χ4n) is 4.94. The maximum atomic E-state index is 11.7. The lowest BCUT2D eigenvalue weighted by Crippen LogP contribution is -2.48. The van der Waals surface area contributed by atoms with Crippen molar-refractivity contribution >= 4 is 5.97 Å². The first-order valence-electron chi connectivity index (χ1n) is 12.6. The molecule has 2 aliphatic heterocycles. The number of carbonyl (C=O) groups is 1. The number of benzene rings is 1. The molecule has 2 fully saturated rings. The largest absolute Gasteiger partial charge is 0.490 e. The van der Waals surface area contributed by atoms with Gasteiger partial charge in [0.2, 0.25) is 0 Å². The molecule has 1 saturated heterocycles. The van der Waals surface area contributed by atoms with Crippen LogP contribution in [0.5, 0.6) is 5.75 Å². The van der Waals surface area contributed by atoms with Crippen LogP contribution in [0.1, 0.15) is 89.7 Å². The maximum Gasteiger partial charge on any atom is 0.308 e. The first-order valence-corrected chi connectivity index (χ1v) is 12.6. The van der Waals surface area contributed by atoms with E-state index in [2.05, 4.69) is 37.4 Å². The van der Waals surface area contributed by atoms with Crippen LogP contribution in [-0.2, 0) is 22.4 Å². The average Bonchev–Trinajstić information content (AvgIpc) is 3.65. The summed E-state index contributed by atoms with van der Waals surface area (Å²) in [6.45, 7) is 6.50. The van der Waals surface area contributed by atoms with Crippen molar-refractivity contribution in [2.75, 3.05) is 7.11 Å². The van der Waals surface area contributed by atoms with Gasteiger partial charge in [0, 0.05) is 12.1 Å². The number of ether oxygens (including phenoxy) is 2. The monoisotopic (exact) mass is 429 g/mol. The van der Waals surface area contributed by atoms with Gasteiger partial charge in [-0.1, -0.05) is 58.1 Å². The Bertz CT molecular complexity index is 699. The summed E-state index contributed by atoms with van der Waals surface area (Å²) >= 11 is 0. The third-order valence-electron chi connectivity index (χ3n) is 6.80. The zero-order valence-corrected chi connectivity index (χ0v) is 20.1. The SMILES string of the molecule is C1CC1.CCCCC1CC(C2CCc3ccc(CC(C)C(=O)OC)cc3O2)CC(C)N1. The van der Waals surface area contributed by atoms with E-state index in [9.17, 15) is 4.79 Å². The number of hydrogen-bond acceptors (Lipinski definition) is 4. The molecule has 1 aliphatic carbocycles. The van der Waals surface area contributed by atoms with Crippen LogP contribution >= 0.6 is 0 Å². The minimum absolute atomic E-state index is 0.132. The van der Waals surface area contributed by atoms with Crippen LogP contribution in [0.2, 0.25) is 0 Å². The fraction of sp³-hybridized carbons (Fsp3) is 0.741. The Morgan fingerprint density at radius 1 is 1.26 bits per heavy atom. The Morgan fingerprint density at radius 3 is 2.71 bits per heavy atom. The summed E-state index contributed by atoms with van der Waals surface area (Å²) in [5, 5.41) is 3.79. The van der Waals surface area contributed by atoms with E-state index in [0.717, 1.165) is 24.2 Å². The Balaban J connectivity index is 0.000000834. The molecule has 1 saturated carbocycles. The lowest BCUT2D eigenvalue weighted by atomic mass is 9.80. The Hall–Kier alpha value is -1.55. The van der Waals surface area contributed by atoms with E-state index in [-0.39, 0.29) is 11.9 Å². The summed E-state index contributed by atoms with van der Waals surface area (Å²) in [6.07, 6.45) is 14.0. The molecular formula is C27H43NO3. The van der Waals surface area contributed by atoms with Crippen molar-refractivity contribution < 1.29 is 14.3 Å². The van der Waals surface area contributed by atoms with Gasteiger partial charge in [-0.05, 0) is 68.6 Å². The highest BCUT2D eigenvalue weighted by molar-refractivity contribution is 5.72. The van der Waals surface area contributed by atoms with Gasteiger partial charge in [0.1, 0.15) is 11.9 Å². The molecule has 4 heteroatoms. The zero-order chi connectivity index (χ0) is 22.2. The highest BCUT2D eigenvalue weighted by Gasteiger charge is 2.34. The quantitative estimate of drug-likeness (QED) is 0.552. The lowest BCUT2D eigenvalue weighted by Gasteiger charge is -2.40. The average molecular weight is 430 g/mol. The smallest absolute Gasteiger partial charge is 0.308 e. The van der Waals surface area contributed by atoms with Crippen LogP contribution in [0.25, 0.3) is 0 Å². The second-order valence-electron chi connectivity index (χ2n) is 9.96. The Morgan fingerprint density at radius 2 is 2.03 bits per heavy atom. The zero-order valence-electron chi connectivity index (χ0n) is 20.1. The molecule has 1 aromatic rings. The number of nitrogens with one attached hydrogen (secondary N) is 1. The molecule has 3 aliphatic rings. The molecule has 5 unspecified atom stereocenters. The van der Waals surface area contributed by atoms with Gasteiger partial charge < -0.3 is 14.8 Å². The Labute approximate surface area is 189 Å². The van der Waals surface area contributed by atoms with E-state index in [4.69, 9.17) is 9.47 Å². The molecule has 0 spiro atoms. The van der Waals surface area contributed by atoms with Gasteiger partial charge in [-0.2, -0.15) is 0 Å². The minimum atomic E-state index is -0.154. The summed E-state index contributed by atoms with van der Waals surface area (Å²) in [6, 6.07) is 7.67. The van der Waals surface area contributed by atoms with E-state index >= 15 is 0 Å². The van der Waals surface area contributed by atoms with Crippen molar-refractivity contribution in [3.8, 4) is 5.75 Å². The number of carbonyl (C=O) groups excluding carboxylic acids is 1. The standard InChI is InChI=1S/C24H37NO3.C3H6/c1-5-6-7-21-15-20(13-17(3)25-21)22-11-10-19-9-8-18(14-23(19)28-22)12-16(2)24(26)27-4;1-2-3-1/h8-9,14,16-17,20-22,25H,5-7,10-13,15H2,1-4H3;1-3H2. The first-order chi connectivity index (χ1) is 15.0. The molecule has 2 heterocycles. The molecule has 4 nitrogen and oxygen atoms in total. The summed E-state index contributed by atoms with van der Waals surface area (Å²) in [4.78, 5) is 11.7. The van der Waals surface area contributed by atoms with Crippen LogP contribution in [0.15, 0.2) is 18.2 Å². The van der Waals surface area contributed by atoms with E-state index in [1.165, 1.54) is 64.0 Å². The van der Waals surface area contributed by atoms with Crippen molar-refractivity contribution in [1.82, 2.24) is 5.32 Å². The third-order valence-corrected chi connectivity index (χ3v) is 6.80. The summed E-state index contributed by atoms with van der Waals surface area (Å²) in [5.74, 6) is 1.37. The fourth-order valence-corrected chi connectivity index (χ4v) is 4.94. The molecule has 1 aromatic carbocycles. The highest BCUT2D eigenvalue weighted by Crippen LogP contribution is 2.36. The molecule has 0 amide bonds. The van der Waals surface area contributed by atoms with E-state index in [1.54, 1.807) is 0 Å². The molecule has 174 valence electrons. The summed E-state index contributed by atoms with van der Waals surface area (Å²) in [5.41, 5.74) is 2.45. The van der Waals surface area contributed by atoms with E-state index in [1.807, 2.05) is 6.92 Å². The van der Waals surface area contributed by atoms with Gasteiger partial charge >= 0.3 is 5.97 Å². The van der Waals surface area contributed by atoms with Crippen LogP contribution in [0, 0.1) is 11.8 Å². The van der Waals surface area contributed by atoms with E-state index in [0.29, 0.717) is 30.5 Å². The number of unbranched alkanes of at least 4 members (excludes halogenated alkanes) is 1. The first kappa shape index (κ1) is 24.1. The number of rotatable bonds is 7. The molecule has 5 atom stereocenters. The van der Waals surface area contributed by atoms with Crippen LogP contribution in [0.4, 0.5) is 0 Å². The number of piperidine rings is 1. The second kappa shape index (κ2) is 11.9. The highest BCUT2D eigenvalue weighted by atomic mass is 16.5. The molecular weight excluding hydrogens is 386 g/mol. The molecule has 4 rings (SSSR count). The molecule has 31 heavy (non-hydrogen) atoms. The van der Waals surface area contributed by atoms with Crippen LogP contribution in [-0.4, -0.2) is 31.3 Å². The van der Waals surface area contributed by atoms with Crippen molar-refractivity contribution in [2.45, 2.75) is 110 Å². The predicted octanol–water partition coefficient (Wildman–Crippen LogP) is 5.85. The van der Waals surface area contributed by atoms with E-state index < -0.39 is 0 Å². The second-order valence-corrected chi connectivity index (χ2v) is 9.96. The summed E-state index contributed by atoms with van der Waals surface area (Å²) < 4.78 is 11.4. The van der Waals surface area contributed by atoms with Crippen molar-refractivity contribution in [1.29, 1.82) is 0 Å². The number of hydrogen-bond donors (Lipinski definition) is 1. The Kier molecular flexibility index (Phi) is 9.25. The number of esters is 1. The molecule has 0 radical (unpaired) electrons. The topological polar surface area (TPSA) is 47.6 Å². The lowest BCUT2D eigenvalue weighted by molar-refractivity contribution is -0.144. The summed E-state index contributed by atoms with van der Waals surface area (Å²) in [7, 11) is 1.45. The molecule has 0 aromatic heterocycles. The number of methoxy groups -OCH3 is 1. The van der Waals surface area contributed by atoms with Crippen molar-refractivity contribution in [2.24, 2.45) is 11.8 Å².